The molecule has 1 heterocycles. The molecule has 18 heavy (non-hydrogen) atoms. The van der Waals surface area contributed by atoms with Crippen LogP contribution in [0.15, 0.2) is 5.16 Å². The van der Waals surface area contributed by atoms with E-state index in [4.69, 9.17) is 15.7 Å². The Labute approximate surface area is 110 Å². The Morgan fingerprint density at radius 3 is 2.44 bits per heavy atom. The van der Waals surface area contributed by atoms with Crippen LogP contribution in [0.1, 0.15) is 47.5 Å². The molecule has 0 saturated carbocycles. The zero-order chi connectivity index (χ0) is 14.0. The van der Waals surface area contributed by atoms with E-state index in [1.165, 1.54) is 0 Å². The molecule has 1 aliphatic rings. The number of nitrogens with two attached hydrogens (primary N) is 1. The molecule has 1 rings (SSSR count). The summed E-state index contributed by atoms with van der Waals surface area (Å²) in [6.07, 6.45) is 1.99. The van der Waals surface area contributed by atoms with E-state index in [1.54, 1.807) is 0 Å². The Morgan fingerprint density at radius 1 is 1.44 bits per heavy atom. The molecule has 1 atom stereocenters. The van der Waals surface area contributed by atoms with Crippen molar-refractivity contribution in [3.8, 4) is 0 Å². The lowest BCUT2D eigenvalue weighted by Crippen LogP contribution is -2.49. The van der Waals surface area contributed by atoms with Crippen molar-refractivity contribution < 1.29 is 9.94 Å². The van der Waals surface area contributed by atoms with Crippen molar-refractivity contribution in [2.24, 2.45) is 10.9 Å². The molecule has 1 saturated heterocycles. The predicted octanol–water partition coefficient (Wildman–Crippen LogP) is 1.79. The first-order valence-electron chi connectivity index (χ1n) is 6.62. The van der Waals surface area contributed by atoms with Crippen molar-refractivity contribution in [1.82, 2.24) is 4.90 Å². The maximum atomic E-state index is 8.73. The fourth-order valence-electron chi connectivity index (χ4n) is 2.97. The van der Waals surface area contributed by atoms with Gasteiger partial charge in [-0.05, 0) is 47.1 Å². The highest BCUT2D eigenvalue weighted by Gasteiger charge is 2.48. The molecule has 106 valence electrons. The molecule has 1 fully saturated rings. The molecule has 1 unspecified atom stereocenters. The first-order chi connectivity index (χ1) is 8.22. The lowest BCUT2D eigenvalue weighted by molar-refractivity contribution is -0.0794. The second-order valence-electron chi connectivity index (χ2n) is 6.25. The molecule has 0 radical (unpaired) electrons. The van der Waals surface area contributed by atoms with E-state index in [0.717, 1.165) is 19.4 Å². The van der Waals surface area contributed by atoms with E-state index in [2.05, 4.69) is 44.7 Å². The second-order valence-corrected chi connectivity index (χ2v) is 6.25. The fraction of sp³-hybridized carbons (Fsp3) is 0.923. The van der Waals surface area contributed by atoms with E-state index >= 15 is 0 Å². The zero-order valence-electron chi connectivity index (χ0n) is 12.2. The van der Waals surface area contributed by atoms with Crippen LogP contribution < -0.4 is 5.73 Å². The van der Waals surface area contributed by atoms with E-state index in [1.807, 2.05) is 0 Å². The number of nitrogens with zero attached hydrogens (tertiary/aromatic N) is 2. The SMILES string of the molecule is CCCN(CC(N)=NO)C1CC(C)(C)OC1(C)C. The Bertz CT molecular complexity index is 313. The van der Waals surface area contributed by atoms with Crippen molar-refractivity contribution in [2.45, 2.75) is 64.7 Å². The Balaban J connectivity index is 2.85. The summed E-state index contributed by atoms with van der Waals surface area (Å²) in [5.41, 5.74) is 5.31. The third kappa shape index (κ3) is 3.59. The molecule has 0 amide bonds. The number of ether oxygens (including phenoxy) is 1. The Hall–Kier alpha value is -0.810. The summed E-state index contributed by atoms with van der Waals surface area (Å²) in [6.45, 7) is 12.0. The molecule has 0 aromatic carbocycles. The van der Waals surface area contributed by atoms with Crippen LogP contribution in [0.3, 0.4) is 0 Å². The van der Waals surface area contributed by atoms with Gasteiger partial charge in [0.25, 0.3) is 0 Å². The molecule has 1 aliphatic heterocycles. The second kappa shape index (κ2) is 5.45. The Morgan fingerprint density at radius 2 is 2.06 bits per heavy atom. The van der Waals surface area contributed by atoms with Gasteiger partial charge in [0, 0.05) is 6.04 Å². The van der Waals surface area contributed by atoms with Gasteiger partial charge in [-0.15, -0.1) is 0 Å². The summed E-state index contributed by atoms with van der Waals surface area (Å²) in [7, 11) is 0. The number of hydrogen-bond acceptors (Lipinski definition) is 4. The van der Waals surface area contributed by atoms with Gasteiger partial charge in [0.15, 0.2) is 5.84 Å². The molecular weight excluding hydrogens is 230 g/mol. The summed E-state index contributed by atoms with van der Waals surface area (Å²) < 4.78 is 6.11. The first-order valence-corrected chi connectivity index (χ1v) is 6.62. The number of hydrogen-bond donors (Lipinski definition) is 2. The van der Waals surface area contributed by atoms with Crippen molar-refractivity contribution in [3.63, 3.8) is 0 Å². The largest absolute Gasteiger partial charge is 0.409 e. The van der Waals surface area contributed by atoms with Crippen molar-refractivity contribution in [3.05, 3.63) is 0 Å². The minimum Gasteiger partial charge on any atom is -0.409 e. The van der Waals surface area contributed by atoms with Gasteiger partial charge in [0.05, 0.1) is 17.7 Å². The molecule has 0 aromatic rings. The summed E-state index contributed by atoms with van der Waals surface area (Å²) >= 11 is 0. The molecule has 0 spiro atoms. The van der Waals surface area contributed by atoms with E-state index in [9.17, 15) is 0 Å². The van der Waals surface area contributed by atoms with Crippen LogP contribution in [0.25, 0.3) is 0 Å². The number of oxime groups is 1. The summed E-state index contributed by atoms with van der Waals surface area (Å²) in [5, 5.41) is 11.8. The normalized spacial score (nSPS) is 26.8. The third-order valence-electron chi connectivity index (χ3n) is 3.47. The van der Waals surface area contributed by atoms with Crippen LogP contribution in [0.2, 0.25) is 0 Å². The van der Waals surface area contributed by atoms with Gasteiger partial charge in [-0.1, -0.05) is 12.1 Å². The maximum absolute atomic E-state index is 8.73. The van der Waals surface area contributed by atoms with Gasteiger partial charge in [0.2, 0.25) is 0 Å². The van der Waals surface area contributed by atoms with Crippen molar-refractivity contribution in [2.75, 3.05) is 13.1 Å². The minimum absolute atomic E-state index is 0.120. The molecule has 0 aliphatic carbocycles. The molecule has 5 nitrogen and oxygen atoms in total. The lowest BCUT2D eigenvalue weighted by Gasteiger charge is -2.35. The maximum Gasteiger partial charge on any atom is 0.153 e. The van der Waals surface area contributed by atoms with Gasteiger partial charge < -0.3 is 15.7 Å². The number of rotatable bonds is 5. The highest BCUT2D eigenvalue weighted by atomic mass is 16.5. The minimum atomic E-state index is -0.214. The molecule has 0 aromatic heterocycles. The van der Waals surface area contributed by atoms with Crippen LogP contribution >= 0.6 is 0 Å². The summed E-state index contributed by atoms with van der Waals surface area (Å²) in [5.74, 6) is 0.254. The third-order valence-corrected chi connectivity index (χ3v) is 3.47. The zero-order valence-corrected chi connectivity index (χ0v) is 12.2. The van der Waals surface area contributed by atoms with Gasteiger partial charge in [-0.25, -0.2) is 0 Å². The standard InChI is InChI=1S/C13H27N3O2/c1-6-7-16(9-11(14)15-17)10-8-12(2,3)18-13(10,4)5/h10,17H,6-9H2,1-5H3,(H2,14,15). The Kier molecular flexibility index (Phi) is 4.61. The van der Waals surface area contributed by atoms with Crippen LogP contribution in [0.4, 0.5) is 0 Å². The van der Waals surface area contributed by atoms with Crippen molar-refractivity contribution >= 4 is 5.84 Å². The van der Waals surface area contributed by atoms with Gasteiger partial charge >= 0.3 is 0 Å². The van der Waals surface area contributed by atoms with E-state index in [-0.39, 0.29) is 23.1 Å². The number of amidine groups is 1. The molecular formula is C13H27N3O2. The van der Waals surface area contributed by atoms with E-state index < -0.39 is 0 Å². The van der Waals surface area contributed by atoms with Gasteiger partial charge in [0.1, 0.15) is 0 Å². The van der Waals surface area contributed by atoms with Crippen LogP contribution in [-0.4, -0.2) is 46.3 Å². The smallest absolute Gasteiger partial charge is 0.153 e. The van der Waals surface area contributed by atoms with Gasteiger partial charge in [-0.3, -0.25) is 4.90 Å². The van der Waals surface area contributed by atoms with Crippen LogP contribution in [0, 0.1) is 0 Å². The average molecular weight is 257 g/mol. The molecule has 5 heteroatoms. The quantitative estimate of drug-likeness (QED) is 0.341. The van der Waals surface area contributed by atoms with Crippen LogP contribution in [-0.2, 0) is 4.74 Å². The molecule has 0 bridgehead atoms. The highest BCUT2D eigenvalue weighted by Crippen LogP contribution is 2.40. The molecule has 3 N–H and O–H groups in total. The summed E-state index contributed by atoms with van der Waals surface area (Å²) in [4.78, 5) is 2.25. The van der Waals surface area contributed by atoms with Gasteiger partial charge in [-0.2, -0.15) is 0 Å². The van der Waals surface area contributed by atoms with E-state index in [0.29, 0.717) is 6.54 Å². The topological polar surface area (TPSA) is 71.1 Å². The first kappa shape index (κ1) is 15.2. The predicted molar refractivity (Wildman–Crippen MR) is 72.9 cm³/mol. The summed E-state index contributed by atoms with van der Waals surface area (Å²) in [6, 6.07) is 0.285. The fourth-order valence-corrected chi connectivity index (χ4v) is 2.97. The lowest BCUT2D eigenvalue weighted by atomic mass is 9.92. The van der Waals surface area contributed by atoms with Crippen molar-refractivity contribution in [1.29, 1.82) is 0 Å². The average Bonchev–Trinajstić information content (AvgIpc) is 2.45. The van der Waals surface area contributed by atoms with Crippen LogP contribution in [0.5, 0.6) is 0 Å². The highest BCUT2D eigenvalue weighted by molar-refractivity contribution is 5.81. The monoisotopic (exact) mass is 257 g/mol.